The first-order valence-corrected chi connectivity index (χ1v) is 7.05. The van der Waals surface area contributed by atoms with Crippen molar-refractivity contribution in [3.8, 4) is 0 Å². The monoisotopic (exact) mass is 273 g/mol. The highest BCUT2D eigenvalue weighted by Gasteiger charge is 2.09. The number of rotatable bonds is 5. The Morgan fingerprint density at radius 1 is 1.00 bits per heavy atom. The van der Waals surface area contributed by atoms with E-state index < -0.39 is 0 Å². The quantitative estimate of drug-likeness (QED) is 0.875. The van der Waals surface area contributed by atoms with Crippen LogP contribution >= 0.6 is 11.6 Å². The SMILES string of the molecule is Cc1cccc(CC(CN)Cc2ccc(Cl)cc2)c1. The van der Waals surface area contributed by atoms with E-state index in [9.17, 15) is 0 Å². The molecule has 2 aromatic rings. The van der Waals surface area contributed by atoms with Gasteiger partial charge in [-0.2, -0.15) is 0 Å². The van der Waals surface area contributed by atoms with E-state index in [0.29, 0.717) is 12.5 Å². The predicted octanol–water partition coefficient (Wildman–Crippen LogP) is 4.01. The molecule has 0 saturated heterocycles. The molecule has 0 radical (unpaired) electrons. The van der Waals surface area contributed by atoms with E-state index in [1.54, 1.807) is 0 Å². The number of nitrogens with two attached hydrogens (primary N) is 1. The summed E-state index contributed by atoms with van der Waals surface area (Å²) in [5.74, 6) is 0.475. The lowest BCUT2D eigenvalue weighted by atomic mass is 9.92. The molecule has 0 aliphatic carbocycles. The Morgan fingerprint density at radius 3 is 2.32 bits per heavy atom. The molecule has 0 saturated carbocycles. The van der Waals surface area contributed by atoms with Crippen molar-refractivity contribution in [3.63, 3.8) is 0 Å². The van der Waals surface area contributed by atoms with E-state index in [2.05, 4.69) is 43.3 Å². The summed E-state index contributed by atoms with van der Waals surface area (Å²) in [6.45, 7) is 2.83. The second kappa shape index (κ2) is 6.74. The highest BCUT2D eigenvalue weighted by atomic mass is 35.5. The molecular weight excluding hydrogens is 254 g/mol. The molecule has 1 atom stereocenters. The van der Waals surface area contributed by atoms with E-state index in [1.165, 1.54) is 16.7 Å². The molecule has 2 heteroatoms. The first-order valence-electron chi connectivity index (χ1n) is 6.67. The van der Waals surface area contributed by atoms with Gasteiger partial charge in [-0.1, -0.05) is 53.6 Å². The third kappa shape index (κ3) is 4.38. The molecule has 0 fully saturated rings. The highest BCUT2D eigenvalue weighted by Crippen LogP contribution is 2.17. The van der Waals surface area contributed by atoms with E-state index in [-0.39, 0.29) is 0 Å². The maximum absolute atomic E-state index is 5.91. The Hall–Kier alpha value is -1.31. The van der Waals surface area contributed by atoms with Crippen LogP contribution in [-0.4, -0.2) is 6.54 Å². The van der Waals surface area contributed by atoms with Crippen molar-refractivity contribution in [3.05, 3.63) is 70.2 Å². The minimum absolute atomic E-state index is 0.475. The summed E-state index contributed by atoms with van der Waals surface area (Å²) in [5.41, 5.74) is 9.88. The molecule has 2 rings (SSSR count). The molecule has 2 N–H and O–H groups in total. The molecule has 0 aromatic heterocycles. The van der Waals surface area contributed by atoms with Crippen LogP contribution in [0.2, 0.25) is 5.02 Å². The van der Waals surface area contributed by atoms with Crippen molar-refractivity contribution in [1.82, 2.24) is 0 Å². The van der Waals surface area contributed by atoms with Crippen molar-refractivity contribution < 1.29 is 0 Å². The van der Waals surface area contributed by atoms with Crippen molar-refractivity contribution in [2.75, 3.05) is 6.54 Å². The maximum atomic E-state index is 5.91. The molecule has 0 heterocycles. The first kappa shape index (κ1) is 14.1. The summed E-state index contributed by atoms with van der Waals surface area (Å²) in [5, 5.41) is 0.784. The van der Waals surface area contributed by atoms with Gasteiger partial charge in [-0.25, -0.2) is 0 Å². The fourth-order valence-electron chi connectivity index (χ4n) is 2.37. The van der Waals surface area contributed by atoms with Crippen LogP contribution in [0.4, 0.5) is 0 Å². The molecule has 19 heavy (non-hydrogen) atoms. The van der Waals surface area contributed by atoms with Gasteiger partial charge in [0.15, 0.2) is 0 Å². The average molecular weight is 274 g/mol. The van der Waals surface area contributed by atoms with Crippen LogP contribution in [0, 0.1) is 12.8 Å². The lowest BCUT2D eigenvalue weighted by molar-refractivity contribution is 0.533. The van der Waals surface area contributed by atoms with Gasteiger partial charge in [-0.15, -0.1) is 0 Å². The first-order chi connectivity index (χ1) is 9.17. The topological polar surface area (TPSA) is 26.0 Å². The summed E-state index contributed by atoms with van der Waals surface area (Å²) >= 11 is 5.90. The zero-order valence-corrected chi connectivity index (χ0v) is 12.0. The van der Waals surface area contributed by atoms with Crippen molar-refractivity contribution >= 4 is 11.6 Å². The van der Waals surface area contributed by atoms with Crippen LogP contribution in [0.15, 0.2) is 48.5 Å². The Morgan fingerprint density at radius 2 is 1.68 bits per heavy atom. The minimum Gasteiger partial charge on any atom is -0.330 e. The van der Waals surface area contributed by atoms with Gasteiger partial charge >= 0.3 is 0 Å². The molecule has 100 valence electrons. The van der Waals surface area contributed by atoms with Gasteiger partial charge in [0.2, 0.25) is 0 Å². The Labute approximate surface area is 120 Å². The summed E-state index contributed by atoms with van der Waals surface area (Å²) < 4.78 is 0. The lowest BCUT2D eigenvalue weighted by Crippen LogP contribution is -2.19. The fraction of sp³-hybridized carbons (Fsp3) is 0.294. The number of halogens is 1. The second-order valence-electron chi connectivity index (χ2n) is 5.13. The molecule has 0 spiro atoms. The predicted molar refractivity (Wildman–Crippen MR) is 82.6 cm³/mol. The molecule has 2 aromatic carbocycles. The lowest BCUT2D eigenvalue weighted by Gasteiger charge is -2.15. The Bertz CT molecular complexity index is 519. The van der Waals surface area contributed by atoms with Gasteiger partial charge in [0.05, 0.1) is 0 Å². The summed E-state index contributed by atoms with van der Waals surface area (Å²) in [7, 11) is 0. The zero-order chi connectivity index (χ0) is 13.7. The smallest absolute Gasteiger partial charge is 0.0406 e. The largest absolute Gasteiger partial charge is 0.330 e. The fourth-order valence-corrected chi connectivity index (χ4v) is 2.49. The molecular formula is C17H20ClN. The van der Waals surface area contributed by atoms with Gasteiger partial charge in [0.25, 0.3) is 0 Å². The summed E-state index contributed by atoms with van der Waals surface area (Å²) in [6, 6.07) is 16.7. The van der Waals surface area contributed by atoms with Gasteiger partial charge in [-0.05, 0) is 55.5 Å². The molecule has 1 unspecified atom stereocenters. The molecule has 0 amide bonds. The van der Waals surface area contributed by atoms with E-state index in [0.717, 1.165) is 17.9 Å². The molecule has 0 aliphatic rings. The van der Waals surface area contributed by atoms with Gasteiger partial charge < -0.3 is 5.73 Å². The average Bonchev–Trinajstić information content (AvgIpc) is 2.40. The Balaban J connectivity index is 2.02. The molecule has 0 aliphatic heterocycles. The van der Waals surface area contributed by atoms with Crippen LogP contribution in [0.3, 0.4) is 0 Å². The summed E-state index contributed by atoms with van der Waals surface area (Å²) in [4.78, 5) is 0. The van der Waals surface area contributed by atoms with Gasteiger partial charge in [-0.3, -0.25) is 0 Å². The molecule has 1 nitrogen and oxygen atoms in total. The van der Waals surface area contributed by atoms with Crippen molar-refractivity contribution in [2.45, 2.75) is 19.8 Å². The van der Waals surface area contributed by atoms with Gasteiger partial charge in [0, 0.05) is 5.02 Å². The van der Waals surface area contributed by atoms with Crippen molar-refractivity contribution in [1.29, 1.82) is 0 Å². The third-order valence-electron chi connectivity index (χ3n) is 3.38. The standard InChI is InChI=1S/C17H20ClN/c1-13-3-2-4-15(9-13)11-16(12-19)10-14-5-7-17(18)8-6-14/h2-9,16H,10-12,19H2,1H3. The number of hydrogen-bond acceptors (Lipinski definition) is 1. The van der Waals surface area contributed by atoms with Crippen LogP contribution in [0.1, 0.15) is 16.7 Å². The van der Waals surface area contributed by atoms with Crippen LogP contribution < -0.4 is 5.73 Å². The Kier molecular flexibility index (Phi) is 5.00. The van der Waals surface area contributed by atoms with Crippen molar-refractivity contribution in [2.24, 2.45) is 11.7 Å². The normalized spacial score (nSPS) is 12.4. The maximum Gasteiger partial charge on any atom is 0.0406 e. The number of aryl methyl sites for hydroxylation is 1. The third-order valence-corrected chi connectivity index (χ3v) is 3.63. The molecule has 0 bridgehead atoms. The number of hydrogen-bond donors (Lipinski definition) is 1. The zero-order valence-electron chi connectivity index (χ0n) is 11.3. The summed E-state index contributed by atoms with van der Waals surface area (Å²) in [6.07, 6.45) is 2.03. The highest BCUT2D eigenvalue weighted by molar-refractivity contribution is 6.30. The van der Waals surface area contributed by atoms with E-state index in [1.807, 2.05) is 12.1 Å². The van der Waals surface area contributed by atoms with E-state index in [4.69, 9.17) is 17.3 Å². The minimum atomic E-state index is 0.475. The number of benzene rings is 2. The van der Waals surface area contributed by atoms with E-state index >= 15 is 0 Å². The van der Waals surface area contributed by atoms with Gasteiger partial charge in [0.1, 0.15) is 0 Å². The van der Waals surface area contributed by atoms with Crippen LogP contribution in [0.5, 0.6) is 0 Å². The van der Waals surface area contributed by atoms with Crippen LogP contribution in [0.25, 0.3) is 0 Å². The second-order valence-corrected chi connectivity index (χ2v) is 5.56. The van der Waals surface area contributed by atoms with Crippen LogP contribution in [-0.2, 0) is 12.8 Å².